The standard InChI is InChI=1S/C41H55N3O15/c1-49-12-14-52-16-18-54-20-22-56-24-26-58-40(47)31-8-4-6-10-35(31)43-38(45)33-28-30(42)29-34(37(33)51-3)39(46)44-36-11-7-5-9-32(36)41(48)59-27-25-57-23-21-55-19-17-53-15-13-50-2/h4-11,28-29H,12-27,42H2,1-3H3,(H,43,45)(H,44,46). The maximum atomic E-state index is 13.7. The number of methoxy groups -OCH3 is 3. The Hall–Kier alpha value is -5.18. The number of nitrogens with two attached hydrogens (primary N) is 1. The molecule has 0 fully saturated rings. The number of esters is 2. The third kappa shape index (κ3) is 18.1. The number of amides is 2. The van der Waals surface area contributed by atoms with Crippen molar-refractivity contribution in [3.05, 3.63) is 82.9 Å². The quantitative estimate of drug-likeness (QED) is 0.0480. The monoisotopic (exact) mass is 829 g/mol. The summed E-state index contributed by atoms with van der Waals surface area (Å²) in [6.45, 7) is 5.19. The van der Waals surface area contributed by atoms with Gasteiger partial charge >= 0.3 is 11.9 Å². The number of ether oxygens (including phenoxy) is 11. The van der Waals surface area contributed by atoms with Crippen molar-refractivity contribution >= 4 is 40.8 Å². The molecule has 2 amide bonds. The van der Waals surface area contributed by atoms with Gasteiger partial charge in [0.15, 0.2) is 0 Å². The fourth-order valence-corrected chi connectivity index (χ4v) is 5.04. The smallest absolute Gasteiger partial charge is 0.340 e. The van der Waals surface area contributed by atoms with Gasteiger partial charge in [0, 0.05) is 19.9 Å². The summed E-state index contributed by atoms with van der Waals surface area (Å²) in [5, 5.41) is 5.37. The number of nitrogens with one attached hydrogen (secondary N) is 2. The first-order chi connectivity index (χ1) is 28.8. The third-order valence-corrected chi connectivity index (χ3v) is 7.87. The van der Waals surface area contributed by atoms with Crippen LogP contribution in [0.2, 0.25) is 0 Å². The molecule has 3 aromatic rings. The Bertz CT molecular complexity index is 1610. The predicted octanol–water partition coefficient (Wildman–Crippen LogP) is 3.49. The molecule has 0 saturated heterocycles. The highest BCUT2D eigenvalue weighted by atomic mass is 16.6. The van der Waals surface area contributed by atoms with Crippen LogP contribution in [0.25, 0.3) is 0 Å². The van der Waals surface area contributed by atoms with Crippen molar-refractivity contribution in [2.45, 2.75) is 0 Å². The molecule has 0 aromatic heterocycles. The van der Waals surface area contributed by atoms with Crippen molar-refractivity contribution < 1.29 is 71.3 Å². The van der Waals surface area contributed by atoms with Gasteiger partial charge in [0.2, 0.25) is 0 Å². The van der Waals surface area contributed by atoms with Crippen LogP contribution in [0.15, 0.2) is 60.7 Å². The summed E-state index contributed by atoms with van der Waals surface area (Å²) in [5.41, 5.74) is 6.49. The van der Waals surface area contributed by atoms with Gasteiger partial charge < -0.3 is 68.5 Å². The molecular weight excluding hydrogens is 774 g/mol. The SMILES string of the molecule is COCCOCCOCCOCCOC(=O)c1ccccc1NC(=O)c1cc(N)cc(C(=O)Nc2ccccc2C(=O)OCCOCCOCCOCCOC)c1OC. The van der Waals surface area contributed by atoms with E-state index in [1.807, 2.05) is 0 Å². The second kappa shape index (κ2) is 29.1. The highest BCUT2D eigenvalue weighted by molar-refractivity contribution is 6.15. The molecule has 0 aliphatic heterocycles. The minimum absolute atomic E-state index is 0.0402. The van der Waals surface area contributed by atoms with E-state index in [-0.39, 0.29) is 71.5 Å². The van der Waals surface area contributed by atoms with Gasteiger partial charge in [-0.1, -0.05) is 24.3 Å². The van der Waals surface area contributed by atoms with Gasteiger partial charge in [-0.05, 0) is 36.4 Å². The molecule has 0 bridgehead atoms. The van der Waals surface area contributed by atoms with Crippen LogP contribution in [-0.2, 0) is 47.4 Å². The van der Waals surface area contributed by atoms with Crippen LogP contribution in [0.4, 0.5) is 17.1 Å². The van der Waals surface area contributed by atoms with Crippen LogP contribution >= 0.6 is 0 Å². The number of carbonyl (C=O) groups excluding carboxylic acids is 4. The van der Waals surface area contributed by atoms with Gasteiger partial charge in [-0.3, -0.25) is 9.59 Å². The fourth-order valence-electron chi connectivity index (χ4n) is 5.04. The van der Waals surface area contributed by atoms with Crippen molar-refractivity contribution in [2.75, 3.05) is 143 Å². The molecule has 18 heteroatoms. The average molecular weight is 830 g/mol. The Morgan fingerprint density at radius 3 is 1.12 bits per heavy atom. The van der Waals surface area contributed by atoms with Crippen molar-refractivity contribution in [2.24, 2.45) is 0 Å². The molecular formula is C41H55N3O15. The third-order valence-electron chi connectivity index (χ3n) is 7.87. The molecule has 3 rings (SSSR count). The highest BCUT2D eigenvalue weighted by Crippen LogP contribution is 2.30. The predicted molar refractivity (Wildman–Crippen MR) is 215 cm³/mol. The number of anilines is 3. The average Bonchev–Trinajstić information content (AvgIpc) is 3.24. The maximum absolute atomic E-state index is 13.7. The lowest BCUT2D eigenvalue weighted by Crippen LogP contribution is -2.21. The van der Waals surface area contributed by atoms with Gasteiger partial charge in [-0.25, -0.2) is 9.59 Å². The Labute approximate surface area is 343 Å². The Morgan fingerprint density at radius 1 is 0.458 bits per heavy atom. The molecule has 0 aliphatic rings. The molecule has 0 unspecified atom stereocenters. The normalized spacial score (nSPS) is 10.9. The lowest BCUT2D eigenvalue weighted by atomic mass is 10.0. The first-order valence-electron chi connectivity index (χ1n) is 18.9. The number of hydrogen-bond donors (Lipinski definition) is 3. The molecule has 59 heavy (non-hydrogen) atoms. The van der Waals surface area contributed by atoms with E-state index in [1.165, 1.54) is 43.5 Å². The Kier molecular flexibility index (Phi) is 23.8. The van der Waals surface area contributed by atoms with Gasteiger partial charge in [-0.15, -0.1) is 0 Å². The lowest BCUT2D eigenvalue weighted by Gasteiger charge is -2.17. The zero-order chi connectivity index (χ0) is 42.5. The van der Waals surface area contributed by atoms with E-state index in [0.29, 0.717) is 79.3 Å². The Balaban J connectivity index is 1.53. The van der Waals surface area contributed by atoms with Crippen molar-refractivity contribution in [3.8, 4) is 5.75 Å². The number of para-hydroxylation sites is 2. The van der Waals surface area contributed by atoms with Crippen molar-refractivity contribution in [1.82, 2.24) is 0 Å². The molecule has 3 aromatic carbocycles. The summed E-state index contributed by atoms with van der Waals surface area (Å²) < 4.78 is 58.4. The van der Waals surface area contributed by atoms with E-state index in [9.17, 15) is 19.2 Å². The first kappa shape index (κ1) is 48.2. The fraction of sp³-hybridized carbons (Fsp3) is 0.463. The molecule has 0 spiro atoms. The summed E-state index contributed by atoms with van der Waals surface area (Å²) >= 11 is 0. The Morgan fingerprint density at radius 2 is 0.780 bits per heavy atom. The van der Waals surface area contributed by atoms with E-state index in [0.717, 1.165) is 0 Å². The number of nitrogen functional groups attached to an aromatic ring is 1. The van der Waals surface area contributed by atoms with Crippen LogP contribution in [-0.4, -0.2) is 151 Å². The molecule has 0 radical (unpaired) electrons. The molecule has 4 N–H and O–H groups in total. The summed E-state index contributed by atoms with van der Waals surface area (Å²) in [5.74, 6) is -2.94. The molecule has 0 heterocycles. The van der Waals surface area contributed by atoms with Gasteiger partial charge in [0.1, 0.15) is 19.0 Å². The van der Waals surface area contributed by atoms with E-state index in [2.05, 4.69) is 10.6 Å². The second-order valence-electron chi connectivity index (χ2n) is 12.1. The van der Waals surface area contributed by atoms with E-state index in [1.54, 1.807) is 38.5 Å². The molecule has 324 valence electrons. The number of hydrogen-bond acceptors (Lipinski definition) is 16. The van der Waals surface area contributed by atoms with Gasteiger partial charge in [0.05, 0.1) is 133 Å². The number of rotatable bonds is 31. The molecule has 0 aliphatic carbocycles. The zero-order valence-electron chi connectivity index (χ0n) is 33.8. The molecule has 0 atom stereocenters. The van der Waals surface area contributed by atoms with E-state index in [4.69, 9.17) is 57.8 Å². The summed E-state index contributed by atoms with van der Waals surface area (Å²) in [6.07, 6.45) is 0. The lowest BCUT2D eigenvalue weighted by molar-refractivity contribution is -0.00557. The first-order valence-corrected chi connectivity index (χ1v) is 18.9. The second-order valence-corrected chi connectivity index (χ2v) is 12.1. The van der Waals surface area contributed by atoms with Crippen molar-refractivity contribution in [3.63, 3.8) is 0 Å². The van der Waals surface area contributed by atoms with Crippen LogP contribution in [0.3, 0.4) is 0 Å². The molecule has 18 nitrogen and oxygen atoms in total. The van der Waals surface area contributed by atoms with E-state index >= 15 is 0 Å². The van der Waals surface area contributed by atoms with Gasteiger partial charge in [0.25, 0.3) is 11.8 Å². The maximum Gasteiger partial charge on any atom is 0.340 e. The van der Waals surface area contributed by atoms with Crippen LogP contribution in [0.1, 0.15) is 41.4 Å². The van der Waals surface area contributed by atoms with Crippen LogP contribution in [0.5, 0.6) is 5.75 Å². The highest BCUT2D eigenvalue weighted by Gasteiger charge is 2.24. The number of benzene rings is 3. The minimum Gasteiger partial charge on any atom is -0.495 e. The topological polar surface area (TPSA) is 220 Å². The summed E-state index contributed by atoms with van der Waals surface area (Å²) in [6, 6.07) is 15.2. The largest absolute Gasteiger partial charge is 0.495 e. The number of carbonyl (C=O) groups is 4. The van der Waals surface area contributed by atoms with Crippen LogP contribution < -0.4 is 21.1 Å². The summed E-state index contributed by atoms with van der Waals surface area (Å²) in [4.78, 5) is 53.3. The molecule has 0 saturated carbocycles. The van der Waals surface area contributed by atoms with Crippen LogP contribution in [0, 0.1) is 0 Å². The summed E-state index contributed by atoms with van der Waals surface area (Å²) in [7, 11) is 4.49. The zero-order valence-corrected chi connectivity index (χ0v) is 33.8. The minimum atomic E-state index is -0.722. The van der Waals surface area contributed by atoms with Gasteiger partial charge in [-0.2, -0.15) is 0 Å². The van der Waals surface area contributed by atoms with E-state index < -0.39 is 23.8 Å². The van der Waals surface area contributed by atoms with Crippen molar-refractivity contribution in [1.29, 1.82) is 0 Å².